The van der Waals surface area contributed by atoms with Crippen LogP contribution in [-0.2, 0) is 0 Å². The Morgan fingerprint density at radius 1 is 1.17 bits per heavy atom. The number of rotatable bonds is 4. The standard InChI is InChI=1S/C22H23FN4O3/c1-26-8-6-14(7-9-26)12-27(22(29)30)21-18-10-16(15-2-4-17(23)5-3-15)11-19(28)20(18)24-13-25-21/h2-5,10-11,13-14,28H,6-9,12H2,1H3,(H,29,30). The Morgan fingerprint density at radius 2 is 1.87 bits per heavy atom. The SMILES string of the molecule is CN1CCC(CN(C(=O)O)c2ncnc3c(O)cc(-c4ccc(F)cc4)cc23)CC1. The van der Waals surface area contributed by atoms with Gasteiger partial charge in [-0.2, -0.15) is 0 Å². The summed E-state index contributed by atoms with van der Waals surface area (Å²) >= 11 is 0. The molecule has 1 saturated heterocycles. The largest absolute Gasteiger partial charge is 0.506 e. The van der Waals surface area contributed by atoms with Crippen molar-refractivity contribution in [3.8, 4) is 16.9 Å². The molecule has 0 aliphatic carbocycles. The Balaban J connectivity index is 1.76. The van der Waals surface area contributed by atoms with Crippen LogP contribution in [0.15, 0.2) is 42.7 Å². The Morgan fingerprint density at radius 3 is 2.53 bits per heavy atom. The number of anilines is 1. The molecule has 1 aliphatic rings. The summed E-state index contributed by atoms with van der Waals surface area (Å²) in [6.45, 7) is 2.19. The highest BCUT2D eigenvalue weighted by atomic mass is 19.1. The van der Waals surface area contributed by atoms with Crippen LogP contribution in [0.1, 0.15) is 12.8 Å². The van der Waals surface area contributed by atoms with E-state index in [-0.39, 0.29) is 28.8 Å². The van der Waals surface area contributed by atoms with Crippen LogP contribution in [0, 0.1) is 11.7 Å². The number of carboxylic acid groups (broad SMARTS) is 1. The zero-order chi connectivity index (χ0) is 21.3. The second-order valence-electron chi connectivity index (χ2n) is 7.74. The molecule has 3 aromatic rings. The van der Waals surface area contributed by atoms with E-state index in [9.17, 15) is 19.4 Å². The van der Waals surface area contributed by atoms with E-state index in [0.29, 0.717) is 23.1 Å². The number of piperidine rings is 1. The summed E-state index contributed by atoms with van der Waals surface area (Å²) in [5, 5.41) is 20.9. The van der Waals surface area contributed by atoms with Crippen molar-refractivity contribution in [2.45, 2.75) is 12.8 Å². The minimum Gasteiger partial charge on any atom is -0.506 e. The summed E-state index contributed by atoms with van der Waals surface area (Å²) in [6.07, 6.45) is 1.99. The third-order valence-electron chi connectivity index (χ3n) is 5.64. The Hall–Kier alpha value is -3.26. The first-order valence-electron chi connectivity index (χ1n) is 9.85. The summed E-state index contributed by atoms with van der Waals surface area (Å²) in [6, 6.07) is 9.15. The minimum absolute atomic E-state index is 0.0832. The lowest BCUT2D eigenvalue weighted by Crippen LogP contribution is -2.39. The number of benzene rings is 2. The van der Waals surface area contributed by atoms with E-state index in [1.54, 1.807) is 18.2 Å². The first-order valence-corrected chi connectivity index (χ1v) is 9.85. The molecule has 4 rings (SSSR count). The average molecular weight is 410 g/mol. The molecule has 0 radical (unpaired) electrons. The number of aromatic hydroxyl groups is 1. The highest BCUT2D eigenvalue weighted by Gasteiger charge is 2.26. The van der Waals surface area contributed by atoms with Crippen LogP contribution in [0.25, 0.3) is 22.0 Å². The number of hydrogen-bond donors (Lipinski definition) is 2. The van der Waals surface area contributed by atoms with Gasteiger partial charge in [-0.05, 0) is 74.3 Å². The van der Waals surface area contributed by atoms with Crippen LogP contribution in [0.3, 0.4) is 0 Å². The van der Waals surface area contributed by atoms with Crippen LogP contribution in [0.5, 0.6) is 5.75 Å². The number of amides is 1. The van der Waals surface area contributed by atoms with E-state index in [2.05, 4.69) is 21.9 Å². The van der Waals surface area contributed by atoms with Gasteiger partial charge in [0.2, 0.25) is 0 Å². The molecule has 2 aromatic carbocycles. The lowest BCUT2D eigenvalue weighted by Gasteiger charge is -2.32. The lowest BCUT2D eigenvalue weighted by atomic mass is 9.96. The maximum absolute atomic E-state index is 13.3. The zero-order valence-corrected chi connectivity index (χ0v) is 16.6. The average Bonchev–Trinajstić information content (AvgIpc) is 2.73. The summed E-state index contributed by atoms with van der Waals surface area (Å²) < 4.78 is 13.3. The quantitative estimate of drug-likeness (QED) is 0.677. The van der Waals surface area contributed by atoms with Crippen molar-refractivity contribution < 1.29 is 19.4 Å². The molecule has 0 atom stereocenters. The topological polar surface area (TPSA) is 89.8 Å². The van der Waals surface area contributed by atoms with Gasteiger partial charge in [0.15, 0.2) is 0 Å². The molecule has 1 aliphatic heterocycles. The monoisotopic (exact) mass is 410 g/mol. The fourth-order valence-corrected chi connectivity index (χ4v) is 3.92. The Labute approximate surface area is 173 Å². The molecule has 1 fully saturated rings. The molecule has 2 N–H and O–H groups in total. The molecular weight excluding hydrogens is 387 g/mol. The molecule has 0 spiro atoms. The Kier molecular flexibility index (Phi) is 5.50. The predicted octanol–water partition coefficient (Wildman–Crippen LogP) is 3.97. The fraction of sp³-hybridized carbons (Fsp3) is 0.318. The Bertz CT molecular complexity index is 1070. The van der Waals surface area contributed by atoms with Crippen molar-refractivity contribution in [3.63, 3.8) is 0 Å². The van der Waals surface area contributed by atoms with Gasteiger partial charge in [0.25, 0.3) is 0 Å². The molecule has 2 heterocycles. The van der Waals surface area contributed by atoms with E-state index >= 15 is 0 Å². The van der Waals surface area contributed by atoms with E-state index in [1.807, 2.05) is 0 Å². The number of aromatic nitrogens is 2. The summed E-state index contributed by atoms with van der Waals surface area (Å²) in [5.41, 5.74) is 1.60. The maximum atomic E-state index is 13.3. The normalized spacial score (nSPS) is 15.4. The molecule has 7 nitrogen and oxygen atoms in total. The number of phenolic OH excluding ortho intramolecular Hbond substituents is 1. The van der Waals surface area contributed by atoms with Gasteiger partial charge in [0.05, 0.1) is 0 Å². The van der Waals surface area contributed by atoms with Crippen molar-refractivity contribution in [3.05, 3.63) is 48.5 Å². The first-order chi connectivity index (χ1) is 14.4. The molecule has 0 unspecified atom stereocenters. The van der Waals surface area contributed by atoms with Gasteiger partial charge in [-0.25, -0.2) is 19.2 Å². The summed E-state index contributed by atoms with van der Waals surface area (Å²) in [4.78, 5) is 24.0. The molecule has 0 saturated carbocycles. The van der Waals surface area contributed by atoms with Crippen LogP contribution in [-0.4, -0.2) is 57.9 Å². The molecule has 1 aromatic heterocycles. The van der Waals surface area contributed by atoms with E-state index in [1.165, 1.54) is 29.4 Å². The zero-order valence-electron chi connectivity index (χ0n) is 16.6. The third-order valence-corrected chi connectivity index (χ3v) is 5.64. The number of likely N-dealkylation sites (tertiary alicyclic amines) is 1. The minimum atomic E-state index is -1.10. The number of carbonyl (C=O) groups is 1. The second-order valence-corrected chi connectivity index (χ2v) is 7.74. The van der Waals surface area contributed by atoms with E-state index < -0.39 is 6.09 Å². The molecule has 8 heteroatoms. The van der Waals surface area contributed by atoms with Gasteiger partial charge < -0.3 is 15.1 Å². The van der Waals surface area contributed by atoms with Crippen molar-refractivity contribution in [1.82, 2.24) is 14.9 Å². The lowest BCUT2D eigenvalue weighted by molar-refractivity contribution is 0.192. The predicted molar refractivity (Wildman–Crippen MR) is 112 cm³/mol. The first kappa shape index (κ1) is 20.0. The summed E-state index contributed by atoms with van der Waals surface area (Å²) in [5.74, 6) is 0.0324. The van der Waals surface area contributed by atoms with Gasteiger partial charge in [0.1, 0.15) is 29.2 Å². The number of halogens is 1. The maximum Gasteiger partial charge on any atom is 0.413 e. The third kappa shape index (κ3) is 4.04. The summed E-state index contributed by atoms with van der Waals surface area (Å²) in [7, 11) is 2.06. The number of nitrogens with zero attached hydrogens (tertiary/aromatic N) is 4. The molecular formula is C22H23FN4O3. The molecule has 1 amide bonds. The highest BCUT2D eigenvalue weighted by molar-refractivity contribution is 6.01. The molecule has 0 bridgehead atoms. The van der Waals surface area contributed by atoms with Crippen molar-refractivity contribution >= 4 is 22.8 Å². The van der Waals surface area contributed by atoms with Crippen LogP contribution in [0.2, 0.25) is 0 Å². The molecule has 156 valence electrons. The van der Waals surface area contributed by atoms with E-state index in [0.717, 1.165) is 25.9 Å². The fourth-order valence-electron chi connectivity index (χ4n) is 3.92. The molecule has 30 heavy (non-hydrogen) atoms. The second kappa shape index (κ2) is 8.23. The number of hydrogen-bond acceptors (Lipinski definition) is 5. The van der Waals surface area contributed by atoms with Gasteiger partial charge in [0, 0.05) is 11.9 Å². The van der Waals surface area contributed by atoms with Gasteiger partial charge in [-0.3, -0.25) is 4.90 Å². The van der Waals surface area contributed by atoms with Crippen LogP contribution < -0.4 is 4.90 Å². The van der Waals surface area contributed by atoms with Gasteiger partial charge in [-0.1, -0.05) is 12.1 Å². The number of phenols is 1. The highest BCUT2D eigenvalue weighted by Crippen LogP contribution is 2.35. The van der Waals surface area contributed by atoms with E-state index in [4.69, 9.17) is 0 Å². The van der Waals surface area contributed by atoms with Gasteiger partial charge in [-0.15, -0.1) is 0 Å². The van der Waals surface area contributed by atoms with Crippen LogP contribution >= 0.6 is 0 Å². The van der Waals surface area contributed by atoms with Crippen molar-refractivity contribution in [2.24, 2.45) is 5.92 Å². The van der Waals surface area contributed by atoms with Gasteiger partial charge >= 0.3 is 6.09 Å². The van der Waals surface area contributed by atoms with Crippen LogP contribution in [0.4, 0.5) is 15.0 Å². The number of fused-ring (bicyclic) bond motifs is 1. The van der Waals surface area contributed by atoms with Crippen molar-refractivity contribution in [1.29, 1.82) is 0 Å². The smallest absolute Gasteiger partial charge is 0.413 e. The van der Waals surface area contributed by atoms with Crippen molar-refractivity contribution in [2.75, 3.05) is 31.6 Å².